The van der Waals surface area contributed by atoms with Crippen molar-refractivity contribution in [3.63, 3.8) is 0 Å². The molecule has 1 unspecified atom stereocenters. The average molecular weight is 254 g/mol. The van der Waals surface area contributed by atoms with Crippen LogP contribution < -0.4 is 5.32 Å². The monoisotopic (exact) mass is 254 g/mol. The maximum Gasteiger partial charge on any atom is 0.0981 e. The molecular weight excluding hydrogens is 228 g/mol. The molecule has 1 atom stereocenters. The molecule has 1 heterocycles. The lowest BCUT2D eigenvalue weighted by Crippen LogP contribution is -2.36. The van der Waals surface area contributed by atoms with Crippen molar-refractivity contribution >= 4 is 11.3 Å². The summed E-state index contributed by atoms with van der Waals surface area (Å²) in [5.74, 6) is 0. The molecule has 0 aliphatic carbocycles. The Balaban J connectivity index is 2.57. The lowest BCUT2D eigenvalue weighted by atomic mass is 9.88. The van der Waals surface area contributed by atoms with Gasteiger partial charge in [0.05, 0.1) is 5.01 Å². The van der Waals surface area contributed by atoms with Crippen LogP contribution in [0.1, 0.15) is 58.4 Å². The minimum Gasteiger partial charge on any atom is -0.309 e. The fourth-order valence-electron chi connectivity index (χ4n) is 1.30. The van der Waals surface area contributed by atoms with Gasteiger partial charge in [0.2, 0.25) is 0 Å². The smallest absolute Gasteiger partial charge is 0.0981 e. The molecule has 0 aliphatic rings. The second-order valence-corrected chi connectivity index (χ2v) is 7.97. The van der Waals surface area contributed by atoms with Crippen molar-refractivity contribution in [2.24, 2.45) is 5.41 Å². The Bertz CT molecular complexity index is 355. The third kappa shape index (κ3) is 4.40. The van der Waals surface area contributed by atoms with Crippen molar-refractivity contribution in [1.82, 2.24) is 10.3 Å². The van der Waals surface area contributed by atoms with Crippen LogP contribution in [0, 0.1) is 5.41 Å². The van der Waals surface area contributed by atoms with Crippen LogP contribution in [0.3, 0.4) is 0 Å². The van der Waals surface area contributed by atoms with Crippen molar-refractivity contribution in [2.75, 3.05) is 0 Å². The molecule has 1 N–H and O–H groups in total. The van der Waals surface area contributed by atoms with Crippen molar-refractivity contribution in [1.29, 1.82) is 0 Å². The second-order valence-electron chi connectivity index (χ2n) is 6.85. The predicted octanol–water partition coefficient (Wildman–Crippen LogP) is 3.96. The highest BCUT2D eigenvalue weighted by molar-refractivity contribution is 7.11. The molecule has 0 amide bonds. The molecule has 0 radical (unpaired) electrons. The van der Waals surface area contributed by atoms with Crippen molar-refractivity contribution in [3.8, 4) is 0 Å². The minimum absolute atomic E-state index is 0.165. The van der Waals surface area contributed by atoms with Gasteiger partial charge in [-0.1, -0.05) is 41.5 Å². The van der Waals surface area contributed by atoms with Gasteiger partial charge in [-0.3, -0.25) is 0 Å². The lowest BCUT2D eigenvalue weighted by Gasteiger charge is -2.28. The first kappa shape index (κ1) is 14.7. The SMILES string of the molecule is CC(NCc1cnc(C(C)(C)C)s1)C(C)(C)C. The Morgan fingerprint density at radius 1 is 1.24 bits per heavy atom. The van der Waals surface area contributed by atoms with E-state index in [9.17, 15) is 0 Å². The fraction of sp³-hybridized carbons (Fsp3) is 0.786. The van der Waals surface area contributed by atoms with Gasteiger partial charge in [-0.2, -0.15) is 0 Å². The van der Waals surface area contributed by atoms with Gasteiger partial charge in [-0.15, -0.1) is 11.3 Å². The summed E-state index contributed by atoms with van der Waals surface area (Å²) in [4.78, 5) is 5.83. The molecule has 0 aliphatic heterocycles. The second kappa shape index (κ2) is 5.07. The van der Waals surface area contributed by atoms with Crippen LogP contribution in [0.25, 0.3) is 0 Å². The largest absolute Gasteiger partial charge is 0.309 e. The first-order valence-corrected chi connectivity index (χ1v) is 7.11. The topological polar surface area (TPSA) is 24.9 Å². The summed E-state index contributed by atoms with van der Waals surface area (Å²) in [5.41, 5.74) is 0.468. The van der Waals surface area contributed by atoms with E-state index in [2.05, 4.69) is 58.8 Å². The van der Waals surface area contributed by atoms with Crippen molar-refractivity contribution in [3.05, 3.63) is 16.1 Å². The zero-order chi connectivity index (χ0) is 13.3. The van der Waals surface area contributed by atoms with Crippen LogP contribution in [0.5, 0.6) is 0 Å². The van der Waals surface area contributed by atoms with Gasteiger partial charge < -0.3 is 5.32 Å². The quantitative estimate of drug-likeness (QED) is 0.883. The van der Waals surface area contributed by atoms with E-state index in [1.54, 1.807) is 0 Å². The Hall–Kier alpha value is -0.410. The molecule has 0 saturated heterocycles. The van der Waals surface area contributed by atoms with Crippen LogP contribution in [0.4, 0.5) is 0 Å². The van der Waals surface area contributed by atoms with Crippen LogP contribution in [-0.4, -0.2) is 11.0 Å². The molecule has 0 fully saturated rings. The van der Waals surface area contributed by atoms with E-state index < -0.39 is 0 Å². The number of nitrogens with one attached hydrogen (secondary N) is 1. The normalized spacial score (nSPS) is 15.0. The number of hydrogen-bond donors (Lipinski definition) is 1. The van der Waals surface area contributed by atoms with Gasteiger partial charge in [-0.25, -0.2) is 4.98 Å². The van der Waals surface area contributed by atoms with E-state index in [1.165, 1.54) is 9.88 Å². The van der Waals surface area contributed by atoms with E-state index in [0.29, 0.717) is 11.5 Å². The maximum absolute atomic E-state index is 4.51. The first-order valence-electron chi connectivity index (χ1n) is 6.29. The molecule has 0 bridgehead atoms. The summed E-state index contributed by atoms with van der Waals surface area (Å²) in [6.07, 6.45) is 2.01. The van der Waals surface area contributed by atoms with Crippen LogP contribution >= 0.6 is 11.3 Å². The van der Waals surface area contributed by atoms with Gasteiger partial charge in [0.15, 0.2) is 0 Å². The fourth-order valence-corrected chi connectivity index (χ4v) is 2.22. The molecule has 1 aromatic heterocycles. The molecule has 1 rings (SSSR count). The van der Waals surface area contributed by atoms with Crippen LogP contribution in [0.15, 0.2) is 6.20 Å². The molecule has 98 valence electrons. The van der Waals surface area contributed by atoms with Gasteiger partial charge >= 0.3 is 0 Å². The Morgan fingerprint density at radius 2 is 1.82 bits per heavy atom. The zero-order valence-electron chi connectivity index (χ0n) is 12.2. The molecule has 3 heteroatoms. The molecule has 17 heavy (non-hydrogen) atoms. The van der Waals surface area contributed by atoms with Gasteiger partial charge in [0.25, 0.3) is 0 Å². The molecular formula is C14H26N2S. The average Bonchev–Trinajstić information content (AvgIpc) is 2.59. The minimum atomic E-state index is 0.165. The highest BCUT2D eigenvalue weighted by Gasteiger charge is 2.21. The standard InChI is InChI=1S/C14H26N2S/c1-10(13(2,3)4)15-8-11-9-16-12(17-11)14(5,6)7/h9-10,15H,8H2,1-7H3. The van der Waals surface area contributed by atoms with Crippen LogP contribution in [0.2, 0.25) is 0 Å². The lowest BCUT2D eigenvalue weighted by molar-refractivity contribution is 0.286. The Kier molecular flexibility index (Phi) is 4.37. The Labute approximate surface area is 110 Å². The van der Waals surface area contributed by atoms with E-state index in [0.717, 1.165) is 6.54 Å². The first-order chi connectivity index (χ1) is 7.60. The van der Waals surface area contributed by atoms with Crippen molar-refractivity contribution < 1.29 is 0 Å². The van der Waals surface area contributed by atoms with Gasteiger partial charge in [0.1, 0.15) is 0 Å². The summed E-state index contributed by atoms with van der Waals surface area (Å²) in [7, 11) is 0. The van der Waals surface area contributed by atoms with E-state index in [4.69, 9.17) is 0 Å². The summed E-state index contributed by atoms with van der Waals surface area (Å²) >= 11 is 1.82. The van der Waals surface area contributed by atoms with E-state index in [-0.39, 0.29) is 5.41 Å². The van der Waals surface area contributed by atoms with Gasteiger partial charge in [0, 0.05) is 29.1 Å². The van der Waals surface area contributed by atoms with E-state index in [1.807, 2.05) is 17.5 Å². The molecule has 0 saturated carbocycles. The summed E-state index contributed by atoms with van der Waals surface area (Å²) in [6, 6.07) is 0.502. The maximum atomic E-state index is 4.51. The molecule has 2 nitrogen and oxygen atoms in total. The Morgan fingerprint density at radius 3 is 2.24 bits per heavy atom. The number of nitrogens with zero attached hydrogens (tertiary/aromatic N) is 1. The number of rotatable bonds is 3. The van der Waals surface area contributed by atoms with Crippen molar-refractivity contribution in [2.45, 2.75) is 66.5 Å². The third-order valence-electron chi connectivity index (χ3n) is 3.08. The summed E-state index contributed by atoms with van der Waals surface area (Å²) in [6.45, 7) is 16.6. The molecule has 0 aromatic carbocycles. The third-order valence-corrected chi connectivity index (χ3v) is 4.50. The predicted molar refractivity (Wildman–Crippen MR) is 76.6 cm³/mol. The highest BCUT2D eigenvalue weighted by Crippen LogP contribution is 2.27. The summed E-state index contributed by atoms with van der Waals surface area (Å²) < 4.78 is 0. The van der Waals surface area contributed by atoms with E-state index >= 15 is 0 Å². The zero-order valence-corrected chi connectivity index (χ0v) is 13.0. The number of aromatic nitrogens is 1. The summed E-state index contributed by atoms with van der Waals surface area (Å²) in [5, 5.41) is 4.79. The molecule has 1 aromatic rings. The molecule has 0 spiro atoms. The number of thiazole rings is 1. The van der Waals surface area contributed by atoms with Crippen LogP contribution in [-0.2, 0) is 12.0 Å². The highest BCUT2D eigenvalue weighted by atomic mass is 32.1. The van der Waals surface area contributed by atoms with Gasteiger partial charge in [-0.05, 0) is 12.3 Å². The number of hydrogen-bond acceptors (Lipinski definition) is 3.